The molecule has 2 nitrogen and oxygen atoms in total. The highest BCUT2D eigenvalue weighted by atomic mass is 79.9. The zero-order chi connectivity index (χ0) is 7.98. The summed E-state index contributed by atoms with van der Waals surface area (Å²) in [7, 11) is 1.96. The van der Waals surface area contributed by atoms with Crippen LogP contribution in [0.3, 0.4) is 0 Å². The van der Waals surface area contributed by atoms with Gasteiger partial charge in [-0.05, 0) is 7.05 Å². The van der Waals surface area contributed by atoms with Crippen molar-refractivity contribution in [2.24, 2.45) is 0 Å². The fourth-order valence-corrected chi connectivity index (χ4v) is 1.04. The Hall–Kier alpha value is -0.330. The summed E-state index contributed by atoms with van der Waals surface area (Å²) in [6.45, 7) is 5.31. The monoisotopic (exact) mass is 202 g/mol. The van der Waals surface area contributed by atoms with Crippen LogP contribution < -0.4 is 0 Å². The van der Waals surface area contributed by atoms with Gasteiger partial charge in [0.05, 0.1) is 6.07 Å². The molecule has 0 saturated carbocycles. The van der Waals surface area contributed by atoms with Gasteiger partial charge in [-0.15, -0.1) is 0 Å². The van der Waals surface area contributed by atoms with E-state index in [0.29, 0.717) is 6.42 Å². The van der Waals surface area contributed by atoms with E-state index >= 15 is 0 Å². The number of hydrogen-bond donors (Lipinski definition) is 0. The zero-order valence-corrected chi connectivity index (χ0v) is 7.69. The summed E-state index contributed by atoms with van der Waals surface area (Å²) in [4.78, 5) is 2.04. The predicted molar refractivity (Wildman–Crippen MR) is 45.8 cm³/mol. The van der Waals surface area contributed by atoms with Gasteiger partial charge in [0.15, 0.2) is 0 Å². The Morgan fingerprint density at radius 2 is 2.40 bits per heavy atom. The van der Waals surface area contributed by atoms with Crippen molar-refractivity contribution in [2.45, 2.75) is 6.42 Å². The Morgan fingerprint density at radius 1 is 1.80 bits per heavy atom. The van der Waals surface area contributed by atoms with E-state index in [1.807, 2.05) is 11.9 Å². The standard InChI is InChI=1S/C7H11BrN2/c1-7(8)6-10(2)5-3-4-9/h1,3,5-6H2,2H3. The highest BCUT2D eigenvalue weighted by Gasteiger charge is 1.96. The minimum atomic E-state index is 0.580. The van der Waals surface area contributed by atoms with Crippen molar-refractivity contribution < 1.29 is 0 Å². The molecule has 0 bridgehead atoms. The summed E-state index contributed by atoms with van der Waals surface area (Å²) in [6, 6.07) is 2.09. The van der Waals surface area contributed by atoms with Gasteiger partial charge >= 0.3 is 0 Å². The normalized spacial score (nSPS) is 9.40. The molecule has 0 aromatic heterocycles. The molecule has 0 radical (unpaired) electrons. The average Bonchev–Trinajstić information content (AvgIpc) is 1.82. The molecular formula is C7H11BrN2. The van der Waals surface area contributed by atoms with Gasteiger partial charge < -0.3 is 4.90 Å². The second kappa shape index (κ2) is 5.45. The van der Waals surface area contributed by atoms with Crippen LogP contribution in [0.15, 0.2) is 11.1 Å². The van der Waals surface area contributed by atoms with Gasteiger partial charge in [-0.1, -0.05) is 22.5 Å². The number of nitriles is 1. The first-order chi connectivity index (χ1) is 4.66. The van der Waals surface area contributed by atoms with E-state index in [0.717, 1.165) is 17.6 Å². The fourth-order valence-electron chi connectivity index (χ4n) is 0.613. The number of hydrogen-bond acceptors (Lipinski definition) is 2. The number of halogens is 1. The van der Waals surface area contributed by atoms with Crippen LogP contribution in [0, 0.1) is 11.3 Å². The van der Waals surface area contributed by atoms with Crippen LogP contribution in [-0.2, 0) is 0 Å². The van der Waals surface area contributed by atoms with Crippen molar-refractivity contribution in [1.29, 1.82) is 5.26 Å². The lowest BCUT2D eigenvalue weighted by molar-refractivity contribution is 0.378. The molecule has 0 aliphatic carbocycles. The summed E-state index contributed by atoms with van der Waals surface area (Å²) in [5.41, 5.74) is 0. The van der Waals surface area contributed by atoms with E-state index < -0.39 is 0 Å². The Labute approximate surface area is 70.3 Å². The third kappa shape index (κ3) is 5.80. The quantitative estimate of drug-likeness (QED) is 0.695. The molecule has 0 amide bonds. The van der Waals surface area contributed by atoms with Gasteiger partial charge in [-0.2, -0.15) is 5.26 Å². The lowest BCUT2D eigenvalue weighted by atomic mass is 10.4. The highest BCUT2D eigenvalue weighted by molar-refractivity contribution is 9.11. The van der Waals surface area contributed by atoms with Crippen LogP contribution in [0.2, 0.25) is 0 Å². The van der Waals surface area contributed by atoms with Crippen LogP contribution in [0.1, 0.15) is 6.42 Å². The molecule has 0 aromatic rings. The van der Waals surface area contributed by atoms with Gasteiger partial charge in [0, 0.05) is 24.0 Å². The lowest BCUT2D eigenvalue weighted by Crippen LogP contribution is -2.20. The molecule has 0 spiro atoms. The first-order valence-corrected chi connectivity index (χ1v) is 3.85. The van der Waals surface area contributed by atoms with Gasteiger partial charge in [-0.25, -0.2) is 0 Å². The van der Waals surface area contributed by atoms with Gasteiger partial charge in [0.2, 0.25) is 0 Å². The minimum absolute atomic E-state index is 0.580. The molecule has 3 heteroatoms. The summed E-state index contributed by atoms with van der Waals surface area (Å²) in [5.74, 6) is 0. The summed E-state index contributed by atoms with van der Waals surface area (Å²) in [6.07, 6.45) is 0.580. The first-order valence-electron chi connectivity index (χ1n) is 3.05. The van der Waals surface area contributed by atoms with Gasteiger partial charge in [0.25, 0.3) is 0 Å². The van der Waals surface area contributed by atoms with E-state index in [9.17, 15) is 0 Å². The number of rotatable bonds is 4. The maximum Gasteiger partial charge on any atom is 0.0635 e. The van der Waals surface area contributed by atoms with Crippen LogP contribution in [-0.4, -0.2) is 25.0 Å². The summed E-state index contributed by atoms with van der Waals surface area (Å²) in [5, 5.41) is 8.24. The topological polar surface area (TPSA) is 27.0 Å². The van der Waals surface area contributed by atoms with E-state index in [-0.39, 0.29) is 0 Å². The van der Waals surface area contributed by atoms with E-state index in [2.05, 4.69) is 28.6 Å². The van der Waals surface area contributed by atoms with E-state index in [4.69, 9.17) is 5.26 Å². The maximum atomic E-state index is 8.24. The highest BCUT2D eigenvalue weighted by Crippen LogP contribution is 2.01. The van der Waals surface area contributed by atoms with Gasteiger partial charge in [-0.3, -0.25) is 0 Å². The molecule has 56 valence electrons. The van der Waals surface area contributed by atoms with Crippen molar-refractivity contribution in [3.63, 3.8) is 0 Å². The summed E-state index contributed by atoms with van der Waals surface area (Å²) >= 11 is 3.25. The minimum Gasteiger partial charge on any atom is -0.301 e. The van der Waals surface area contributed by atoms with E-state index in [1.165, 1.54) is 0 Å². The van der Waals surface area contributed by atoms with E-state index in [1.54, 1.807) is 0 Å². The zero-order valence-electron chi connectivity index (χ0n) is 6.10. The van der Waals surface area contributed by atoms with Crippen LogP contribution >= 0.6 is 15.9 Å². The van der Waals surface area contributed by atoms with Crippen molar-refractivity contribution in [3.05, 3.63) is 11.1 Å². The van der Waals surface area contributed by atoms with Crippen molar-refractivity contribution in [2.75, 3.05) is 20.1 Å². The Kier molecular flexibility index (Phi) is 5.27. The van der Waals surface area contributed by atoms with Crippen molar-refractivity contribution in [1.82, 2.24) is 4.90 Å². The molecule has 0 aliphatic rings. The van der Waals surface area contributed by atoms with Crippen molar-refractivity contribution in [3.8, 4) is 6.07 Å². The molecule has 0 aromatic carbocycles. The second-order valence-electron chi connectivity index (χ2n) is 2.16. The van der Waals surface area contributed by atoms with Crippen molar-refractivity contribution >= 4 is 15.9 Å². The Bertz CT molecular complexity index is 148. The molecule has 0 unspecified atom stereocenters. The second-order valence-corrected chi connectivity index (χ2v) is 3.28. The number of nitrogens with zero attached hydrogens (tertiary/aromatic N) is 2. The van der Waals surface area contributed by atoms with Crippen LogP contribution in [0.25, 0.3) is 0 Å². The predicted octanol–water partition coefficient (Wildman–Crippen LogP) is 1.74. The van der Waals surface area contributed by atoms with Crippen LogP contribution in [0.4, 0.5) is 0 Å². The van der Waals surface area contributed by atoms with Gasteiger partial charge in [0.1, 0.15) is 0 Å². The molecule has 0 atom stereocenters. The number of likely N-dealkylation sites (N-methyl/N-ethyl adjacent to an activating group) is 1. The summed E-state index contributed by atoms with van der Waals surface area (Å²) < 4.78 is 0.952. The molecule has 0 rings (SSSR count). The fraction of sp³-hybridized carbons (Fsp3) is 0.571. The molecule has 0 saturated heterocycles. The Morgan fingerprint density at radius 3 is 2.80 bits per heavy atom. The average molecular weight is 203 g/mol. The third-order valence-corrected chi connectivity index (χ3v) is 1.30. The third-order valence-electron chi connectivity index (χ3n) is 1.05. The molecule has 0 fully saturated rings. The maximum absolute atomic E-state index is 8.24. The lowest BCUT2D eigenvalue weighted by Gasteiger charge is -2.12. The molecule has 10 heavy (non-hydrogen) atoms. The smallest absolute Gasteiger partial charge is 0.0635 e. The first kappa shape index (κ1) is 9.67. The molecule has 0 heterocycles. The molecular weight excluding hydrogens is 192 g/mol. The molecule has 0 N–H and O–H groups in total. The van der Waals surface area contributed by atoms with Crippen LogP contribution in [0.5, 0.6) is 0 Å². The Balaban J connectivity index is 3.36. The molecule has 0 aliphatic heterocycles. The SMILES string of the molecule is C=C(Br)CN(C)CCC#N. The largest absolute Gasteiger partial charge is 0.301 e.